The SMILES string of the molecule is Cc1nn(C)c(OCCc2ccccn2)c1C(=O)O. The molecular formula is C13H15N3O3. The van der Waals surface area contributed by atoms with Gasteiger partial charge in [-0.05, 0) is 19.1 Å². The molecule has 2 heterocycles. The van der Waals surface area contributed by atoms with Crippen LogP contribution in [-0.2, 0) is 13.5 Å². The van der Waals surface area contributed by atoms with Crippen LogP contribution in [0.5, 0.6) is 5.88 Å². The van der Waals surface area contributed by atoms with E-state index in [1.165, 1.54) is 4.68 Å². The van der Waals surface area contributed by atoms with Gasteiger partial charge in [0.2, 0.25) is 5.88 Å². The van der Waals surface area contributed by atoms with Crippen LogP contribution in [0.1, 0.15) is 21.7 Å². The van der Waals surface area contributed by atoms with E-state index in [0.717, 1.165) is 5.69 Å². The predicted octanol–water partition coefficient (Wildman–Crippen LogP) is 1.44. The highest BCUT2D eigenvalue weighted by molar-refractivity contribution is 5.91. The number of carbonyl (C=O) groups is 1. The second-order valence-electron chi connectivity index (χ2n) is 4.11. The van der Waals surface area contributed by atoms with Crippen molar-refractivity contribution in [3.63, 3.8) is 0 Å². The predicted molar refractivity (Wildman–Crippen MR) is 68.3 cm³/mol. The summed E-state index contributed by atoms with van der Waals surface area (Å²) in [5.74, 6) is -0.751. The molecule has 6 heteroatoms. The normalized spacial score (nSPS) is 10.4. The number of hydrogen-bond acceptors (Lipinski definition) is 4. The van der Waals surface area contributed by atoms with E-state index < -0.39 is 5.97 Å². The lowest BCUT2D eigenvalue weighted by molar-refractivity contribution is 0.0691. The molecule has 0 aliphatic heterocycles. The van der Waals surface area contributed by atoms with Gasteiger partial charge in [-0.15, -0.1) is 0 Å². The molecule has 0 unspecified atom stereocenters. The second kappa shape index (κ2) is 5.51. The summed E-state index contributed by atoms with van der Waals surface area (Å²) in [6.45, 7) is 2.01. The average molecular weight is 261 g/mol. The summed E-state index contributed by atoms with van der Waals surface area (Å²) in [5, 5.41) is 13.2. The zero-order valence-corrected chi connectivity index (χ0v) is 10.8. The Hall–Kier alpha value is -2.37. The lowest BCUT2D eigenvalue weighted by atomic mass is 10.2. The van der Waals surface area contributed by atoms with Crippen molar-refractivity contribution in [2.24, 2.45) is 7.05 Å². The summed E-state index contributed by atoms with van der Waals surface area (Å²) < 4.78 is 6.98. The number of pyridine rings is 1. The van der Waals surface area contributed by atoms with Crippen molar-refractivity contribution >= 4 is 5.97 Å². The van der Waals surface area contributed by atoms with Gasteiger partial charge in [0.25, 0.3) is 0 Å². The topological polar surface area (TPSA) is 77.2 Å². The van der Waals surface area contributed by atoms with Gasteiger partial charge in [-0.2, -0.15) is 5.10 Å². The van der Waals surface area contributed by atoms with Crippen LogP contribution in [0, 0.1) is 6.92 Å². The minimum Gasteiger partial charge on any atom is -0.477 e. The highest BCUT2D eigenvalue weighted by Gasteiger charge is 2.20. The van der Waals surface area contributed by atoms with Gasteiger partial charge in [0.1, 0.15) is 5.56 Å². The van der Waals surface area contributed by atoms with Gasteiger partial charge < -0.3 is 9.84 Å². The Kier molecular flexibility index (Phi) is 3.79. The maximum Gasteiger partial charge on any atom is 0.343 e. The lowest BCUT2D eigenvalue weighted by Crippen LogP contribution is -2.09. The summed E-state index contributed by atoms with van der Waals surface area (Å²) >= 11 is 0. The van der Waals surface area contributed by atoms with Crippen molar-refractivity contribution in [2.75, 3.05) is 6.61 Å². The van der Waals surface area contributed by atoms with E-state index in [4.69, 9.17) is 9.84 Å². The fourth-order valence-corrected chi connectivity index (χ4v) is 1.85. The third kappa shape index (κ3) is 2.90. The van der Waals surface area contributed by atoms with E-state index in [0.29, 0.717) is 18.7 Å². The average Bonchev–Trinajstić information content (AvgIpc) is 2.65. The number of carboxylic acid groups (broad SMARTS) is 1. The molecular weight excluding hydrogens is 246 g/mol. The third-order valence-electron chi connectivity index (χ3n) is 2.71. The Morgan fingerprint density at radius 1 is 1.47 bits per heavy atom. The Labute approximate surface area is 110 Å². The second-order valence-corrected chi connectivity index (χ2v) is 4.11. The van der Waals surface area contributed by atoms with Gasteiger partial charge in [0.05, 0.1) is 12.3 Å². The molecule has 0 aliphatic carbocycles. The zero-order valence-electron chi connectivity index (χ0n) is 10.8. The van der Waals surface area contributed by atoms with Gasteiger partial charge in [-0.1, -0.05) is 6.07 Å². The van der Waals surface area contributed by atoms with Crippen LogP contribution in [0.3, 0.4) is 0 Å². The number of nitrogens with zero attached hydrogens (tertiary/aromatic N) is 3. The van der Waals surface area contributed by atoms with Crippen LogP contribution in [0.25, 0.3) is 0 Å². The van der Waals surface area contributed by atoms with Crippen LogP contribution >= 0.6 is 0 Å². The summed E-state index contributed by atoms with van der Waals surface area (Å²) in [4.78, 5) is 15.3. The van der Waals surface area contributed by atoms with E-state index in [1.807, 2.05) is 18.2 Å². The van der Waals surface area contributed by atoms with Crippen molar-refractivity contribution in [3.8, 4) is 5.88 Å². The van der Waals surface area contributed by atoms with Crippen LogP contribution in [-0.4, -0.2) is 32.4 Å². The molecule has 0 saturated carbocycles. The van der Waals surface area contributed by atoms with E-state index >= 15 is 0 Å². The van der Waals surface area contributed by atoms with Crippen LogP contribution in [0.15, 0.2) is 24.4 Å². The van der Waals surface area contributed by atoms with Crippen molar-refractivity contribution in [1.82, 2.24) is 14.8 Å². The van der Waals surface area contributed by atoms with Gasteiger partial charge in [0, 0.05) is 25.4 Å². The molecule has 6 nitrogen and oxygen atoms in total. The largest absolute Gasteiger partial charge is 0.477 e. The molecule has 2 rings (SSSR count). The molecule has 2 aromatic rings. The Morgan fingerprint density at radius 2 is 2.26 bits per heavy atom. The van der Waals surface area contributed by atoms with Crippen LogP contribution < -0.4 is 4.74 Å². The molecule has 0 radical (unpaired) electrons. The molecule has 0 spiro atoms. The fraction of sp³-hybridized carbons (Fsp3) is 0.308. The maximum absolute atomic E-state index is 11.1. The van der Waals surface area contributed by atoms with E-state index in [1.54, 1.807) is 20.2 Å². The molecule has 0 amide bonds. The standard InChI is InChI=1S/C13H15N3O3/c1-9-11(13(17)18)12(16(2)15-9)19-8-6-10-5-3-4-7-14-10/h3-5,7H,6,8H2,1-2H3,(H,17,18). The first-order chi connectivity index (χ1) is 9.09. The molecule has 0 aliphatic rings. The minimum absolute atomic E-state index is 0.114. The van der Waals surface area contributed by atoms with Crippen molar-refractivity contribution in [2.45, 2.75) is 13.3 Å². The first-order valence-electron chi connectivity index (χ1n) is 5.89. The third-order valence-corrected chi connectivity index (χ3v) is 2.71. The lowest BCUT2D eigenvalue weighted by Gasteiger charge is -2.07. The zero-order chi connectivity index (χ0) is 13.8. The van der Waals surface area contributed by atoms with Gasteiger partial charge in [-0.25, -0.2) is 9.48 Å². The van der Waals surface area contributed by atoms with Crippen molar-refractivity contribution in [1.29, 1.82) is 0 Å². The number of rotatable bonds is 5. The molecule has 1 N–H and O–H groups in total. The number of ether oxygens (including phenoxy) is 1. The van der Waals surface area contributed by atoms with E-state index in [9.17, 15) is 4.79 Å². The molecule has 0 saturated heterocycles. The number of aromatic carboxylic acids is 1. The summed E-state index contributed by atoms with van der Waals surface area (Å²) in [5.41, 5.74) is 1.46. The minimum atomic E-state index is -1.03. The highest BCUT2D eigenvalue weighted by atomic mass is 16.5. The van der Waals surface area contributed by atoms with E-state index in [-0.39, 0.29) is 11.4 Å². The Morgan fingerprint density at radius 3 is 2.89 bits per heavy atom. The Bertz CT molecular complexity index is 578. The quantitative estimate of drug-likeness (QED) is 0.881. The smallest absolute Gasteiger partial charge is 0.343 e. The maximum atomic E-state index is 11.1. The number of aromatic nitrogens is 3. The first kappa shape index (κ1) is 13.1. The van der Waals surface area contributed by atoms with Gasteiger partial charge in [-0.3, -0.25) is 4.98 Å². The Balaban J connectivity index is 2.06. The van der Waals surface area contributed by atoms with Gasteiger partial charge >= 0.3 is 5.97 Å². The monoisotopic (exact) mass is 261 g/mol. The molecule has 19 heavy (non-hydrogen) atoms. The molecule has 0 fully saturated rings. The number of hydrogen-bond donors (Lipinski definition) is 1. The van der Waals surface area contributed by atoms with E-state index in [2.05, 4.69) is 10.1 Å². The van der Waals surface area contributed by atoms with Crippen LogP contribution in [0.2, 0.25) is 0 Å². The molecule has 0 atom stereocenters. The molecule has 2 aromatic heterocycles. The first-order valence-corrected chi connectivity index (χ1v) is 5.89. The molecule has 0 bridgehead atoms. The van der Waals surface area contributed by atoms with Crippen LogP contribution in [0.4, 0.5) is 0 Å². The van der Waals surface area contributed by atoms with Crippen molar-refractivity contribution < 1.29 is 14.6 Å². The number of carboxylic acids is 1. The summed E-state index contributed by atoms with van der Waals surface area (Å²) in [7, 11) is 1.66. The van der Waals surface area contributed by atoms with Gasteiger partial charge in [0.15, 0.2) is 0 Å². The number of aryl methyl sites for hydroxylation is 2. The molecule has 0 aromatic carbocycles. The fourth-order valence-electron chi connectivity index (χ4n) is 1.85. The molecule has 100 valence electrons. The summed E-state index contributed by atoms with van der Waals surface area (Å²) in [6.07, 6.45) is 2.33. The summed E-state index contributed by atoms with van der Waals surface area (Å²) in [6, 6.07) is 5.65. The van der Waals surface area contributed by atoms with Crippen molar-refractivity contribution in [3.05, 3.63) is 41.3 Å². The highest BCUT2D eigenvalue weighted by Crippen LogP contribution is 2.21.